The number of hydrogen-bond donors (Lipinski definition) is 2. The van der Waals surface area contributed by atoms with Crippen molar-refractivity contribution in [3.8, 4) is 0 Å². The number of thioether (sulfide) groups is 1. The molecule has 1 aliphatic carbocycles. The predicted molar refractivity (Wildman–Crippen MR) is 78.5 cm³/mol. The Bertz CT molecular complexity index is 522. The molecule has 0 saturated heterocycles. The predicted octanol–water partition coefficient (Wildman–Crippen LogP) is 3.29. The fourth-order valence-corrected chi connectivity index (χ4v) is 3.52. The molecule has 0 aliphatic heterocycles. The maximum Gasteiger partial charge on any atom is 0.325 e. The molecule has 3 nitrogen and oxygen atoms in total. The Morgan fingerprint density at radius 3 is 2.67 bits per heavy atom. The number of nitrogens with one attached hydrogen (secondary N) is 1. The lowest BCUT2D eigenvalue weighted by Crippen LogP contribution is -2.56. The van der Waals surface area contributed by atoms with Crippen molar-refractivity contribution in [2.75, 3.05) is 12.3 Å². The standard InChI is InChI=1S/C15H19F2NO2S/c1-2-7-18-15(14(19)20,10-3-4-10)9-21-11-5-6-12(16)13(17)8-11/h5-6,8,10,18H,2-4,7,9H2,1H3,(H,19,20). The van der Waals surface area contributed by atoms with Crippen molar-refractivity contribution in [2.45, 2.75) is 36.6 Å². The molecule has 0 radical (unpaired) electrons. The molecule has 0 heterocycles. The van der Waals surface area contributed by atoms with Gasteiger partial charge in [-0.1, -0.05) is 6.92 Å². The Morgan fingerprint density at radius 1 is 1.43 bits per heavy atom. The van der Waals surface area contributed by atoms with Crippen molar-refractivity contribution in [2.24, 2.45) is 5.92 Å². The smallest absolute Gasteiger partial charge is 0.325 e. The summed E-state index contributed by atoms with van der Waals surface area (Å²) in [7, 11) is 0. The van der Waals surface area contributed by atoms with Crippen molar-refractivity contribution in [3.63, 3.8) is 0 Å². The molecule has 1 aliphatic rings. The second-order valence-electron chi connectivity index (χ2n) is 5.34. The van der Waals surface area contributed by atoms with Crippen LogP contribution >= 0.6 is 11.8 Å². The molecule has 2 rings (SSSR count). The van der Waals surface area contributed by atoms with E-state index in [2.05, 4.69) is 5.32 Å². The second-order valence-corrected chi connectivity index (χ2v) is 6.39. The van der Waals surface area contributed by atoms with E-state index in [9.17, 15) is 18.7 Å². The summed E-state index contributed by atoms with van der Waals surface area (Å²) in [5.41, 5.74) is -0.981. The van der Waals surface area contributed by atoms with Crippen LogP contribution in [-0.4, -0.2) is 28.9 Å². The number of carboxylic acids is 1. The molecule has 1 atom stereocenters. The number of carbonyl (C=O) groups is 1. The van der Waals surface area contributed by atoms with Crippen LogP contribution in [0.5, 0.6) is 0 Å². The molecule has 0 aromatic heterocycles. The quantitative estimate of drug-likeness (QED) is 0.723. The molecule has 0 amide bonds. The first-order valence-corrected chi connectivity index (χ1v) is 8.04. The van der Waals surface area contributed by atoms with Crippen LogP contribution in [0.25, 0.3) is 0 Å². The fraction of sp³-hybridized carbons (Fsp3) is 0.533. The van der Waals surface area contributed by atoms with E-state index in [-0.39, 0.29) is 5.92 Å². The molecule has 6 heteroatoms. The van der Waals surface area contributed by atoms with E-state index in [1.54, 1.807) is 0 Å². The van der Waals surface area contributed by atoms with Crippen molar-refractivity contribution >= 4 is 17.7 Å². The SMILES string of the molecule is CCCNC(CSc1ccc(F)c(F)c1)(C(=O)O)C1CC1. The summed E-state index contributed by atoms with van der Waals surface area (Å²) in [6, 6.07) is 3.65. The largest absolute Gasteiger partial charge is 0.480 e. The molecule has 1 unspecified atom stereocenters. The molecule has 0 spiro atoms. The van der Waals surface area contributed by atoms with Crippen LogP contribution in [0.4, 0.5) is 8.78 Å². The van der Waals surface area contributed by atoms with Crippen LogP contribution in [0.2, 0.25) is 0 Å². The minimum atomic E-state index is -0.981. The third kappa shape index (κ3) is 3.74. The van der Waals surface area contributed by atoms with E-state index >= 15 is 0 Å². The fourth-order valence-electron chi connectivity index (χ4n) is 2.31. The summed E-state index contributed by atoms with van der Waals surface area (Å²) >= 11 is 1.25. The maximum atomic E-state index is 13.2. The third-order valence-corrected chi connectivity index (χ3v) is 4.89. The highest BCUT2D eigenvalue weighted by Gasteiger charge is 2.50. The van der Waals surface area contributed by atoms with Crippen LogP contribution in [0.15, 0.2) is 23.1 Å². The monoisotopic (exact) mass is 315 g/mol. The van der Waals surface area contributed by atoms with Gasteiger partial charge in [0.05, 0.1) is 0 Å². The van der Waals surface area contributed by atoms with Gasteiger partial charge in [0.2, 0.25) is 0 Å². The molecule has 2 N–H and O–H groups in total. The van der Waals surface area contributed by atoms with E-state index < -0.39 is 23.1 Å². The number of benzene rings is 1. The van der Waals surface area contributed by atoms with E-state index in [0.29, 0.717) is 17.2 Å². The molecule has 1 aromatic carbocycles. The number of halogens is 2. The van der Waals surface area contributed by atoms with Crippen LogP contribution in [0.1, 0.15) is 26.2 Å². The van der Waals surface area contributed by atoms with Gasteiger partial charge in [0.25, 0.3) is 0 Å². The third-order valence-electron chi connectivity index (χ3n) is 3.70. The zero-order chi connectivity index (χ0) is 15.5. The zero-order valence-corrected chi connectivity index (χ0v) is 12.7. The van der Waals surface area contributed by atoms with E-state index in [1.807, 2.05) is 6.92 Å². The van der Waals surface area contributed by atoms with Gasteiger partial charge in [-0.25, -0.2) is 8.78 Å². The van der Waals surface area contributed by atoms with Crippen LogP contribution < -0.4 is 5.32 Å². The summed E-state index contributed by atoms with van der Waals surface area (Å²) in [6.07, 6.45) is 2.63. The van der Waals surface area contributed by atoms with Gasteiger partial charge in [0, 0.05) is 10.6 Å². The van der Waals surface area contributed by atoms with Crippen LogP contribution in [-0.2, 0) is 4.79 Å². The van der Waals surface area contributed by atoms with Gasteiger partial charge in [-0.3, -0.25) is 4.79 Å². The van der Waals surface area contributed by atoms with E-state index in [1.165, 1.54) is 17.8 Å². The van der Waals surface area contributed by atoms with E-state index in [4.69, 9.17) is 0 Å². The Morgan fingerprint density at radius 2 is 2.14 bits per heavy atom. The highest BCUT2D eigenvalue weighted by molar-refractivity contribution is 7.99. The molecule has 21 heavy (non-hydrogen) atoms. The van der Waals surface area contributed by atoms with Gasteiger partial charge in [-0.05, 0) is 49.9 Å². The first-order chi connectivity index (χ1) is 9.99. The molecule has 116 valence electrons. The molecule has 1 aromatic rings. The number of rotatable bonds is 8. The van der Waals surface area contributed by atoms with Crippen molar-refractivity contribution < 1.29 is 18.7 Å². The number of carboxylic acid groups (broad SMARTS) is 1. The molecule has 1 saturated carbocycles. The molecular formula is C15H19F2NO2S. The number of hydrogen-bond acceptors (Lipinski definition) is 3. The summed E-state index contributed by atoms with van der Waals surface area (Å²) in [4.78, 5) is 12.3. The summed E-state index contributed by atoms with van der Waals surface area (Å²) in [5, 5.41) is 12.8. The number of aliphatic carboxylic acids is 1. The van der Waals surface area contributed by atoms with Crippen molar-refractivity contribution in [3.05, 3.63) is 29.8 Å². The minimum Gasteiger partial charge on any atom is -0.480 e. The second kappa shape index (κ2) is 6.75. The molecular weight excluding hydrogens is 296 g/mol. The summed E-state index contributed by atoms with van der Waals surface area (Å²) < 4.78 is 26.1. The zero-order valence-electron chi connectivity index (χ0n) is 11.9. The Balaban J connectivity index is 2.10. The van der Waals surface area contributed by atoms with Crippen molar-refractivity contribution in [1.29, 1.82) is 0 Å². The van der Waals surface area contributed by atoms with Crippen molar-refractivity contribution in [1.82, 2.24) is 5.32 Å². The topological polar surface area (TPSA) is 49.3 Å². The summed E-state index contributed by atoms with van der Waals surface area (Å²) in [5.74, 6) is -2.25. The molecule has 1 fully saturated rings. The van der Waals surface area contributed by atoms with Gasteiger partial charge in [0.15, 0.2) is 11.6 Å². The van der Waals surface area contributed by atoms with Gasteiger partial charge in [0.1, 0.15) is 5.54 Å². The minimum absolute atomic E-state index is 0.111. The Labute approximate surface area is 127 Å². The Kier molecular flexibility index (Phi) is 5.22. The first kappa shape index (κ1) is 16.2. The maximum absolute atomic E-state index is 13.2. The Hall–Kier alpha value is -1.14. The van der Waals surface area contributed by atoms with Crippen LogP contribution in [0.3, 0.4) is 0 Å². The van der Waals surface area contributed by atoms with Gasteiger partial charge in [-0.2, -0.15) is 0 Å². The molecule has 0 bridgehead atoms. The lowest BCUT2D eigenvalue weighted by Gasteiger charge is -2.30. The average Bonchev–Trinajstić information content (AvgIpc) is 3.27. The van der Waals surface area contributed by atoms with Gasteiger partial charge >= 0.3 is 5.97 Å². The normalized spacial score (nSPS) is 17.5. The lowest BCUT2D eigenvalue weighted by molar-refractivity contribution is -0.144. The highest BCUT2D eigenvalue weighted by atomic mass is 32.2. The summed E-state index contributed by atoms with van der Waals surface area (Å²) in [6.45, 7) is 2.61. The van der Waals surface area contributed by atoms with Crippen LogP contribution in [0, 0.1) is 17.6 Å². The highest BCUT2D eigenvalue weighted by Crippen LogP contribution is 2.42. The van der Waals surface area contributed by atoms with Gasteiger partial charge < -0.3 is 10.4 Å². The van der Waals surface area contributed by atoms with Gasteiger partial charge in [-0.15, -0.1) is 11.8 Å². The van der Waals surface area contributed by atoms with E-state index in [0.717, 1.165) is 31.4 Å². The lowest BCUT2D eigenvalue weighted by atomic mass is 9.95. The first-order valence-electron chi connectivity index (χ1n) is 7.06. The average molecular weight is 315 g/mol.